The van der Waals surface area contributed by atoms with Gasteiger partial charge in [0.2, 0.25) is 0 Å². The van der Waals surface area contributed by atoms with Crippen LogP contribution in [0.1, 0.15) is 35.9 Å². The third kappa shape index (κ3) is 3.82. The van der Waals surface area contributed by atoms with E-state index in [-0.39, 0.29) is 17.9 Å². The minimum absolute atomic E-state index is 0.157. The summed E-state index contributed by atoms with van der Waals surface area (Å²) in [7, 11) is 1.85. The van der Waals surface area contributed by atoms with Gasteiger partial charge in [0.05, 0.1) is 24.9 Å². The molecule has 1 aliphatic heterocycles. The number of hydrogen-bond donors (Lipinski definition) is 1. The Morgan fingerprint density at radius 3 is 2.88 bits per heavy atom. The lowest BCUT2D eigenvalue weighted by atomic mass is 10.1. The van der Waals surface area contributed by atoms with Gasteiger partial charge in [-0.2, -0.15) is 5.10 Å². The van der Waals surface area contributed by atoms with Crippen molar-refractivity contribution in [3.8, 4) is 0 Å². The molecule has 1 N–H and O–H groups in total. The monoisotopic (exact) mass is 346 g/mol. The number of carbonyl (C=O) groups excluding carboxylic acids is 1. The predicted molar refractivity (Wildman–Crippen MR) is 91.6 cm³/mol. The summed E-state index contributed by atoms with van der Waals surface area (Å²) in [4.78, 5) is 14.3. The molecule has 0 saturated carbocycles. The number of ether oxygens (including phenoxy) is 1. The lowest BCUT2D eigenvalue weighted by molar-refractivity contribution is -0.0174. The molecule has 25 heavy (non-hydrogen) atoms. The molecule has 0 radical (unpaired) electrons. The molecular formula is C18H23FN4O2. The van der Waals surface area contributed by atoms with Crippen molar-refractivity contribution in [1.29, 1.82) is 0 Å². The molecule has 1 aliphatic rings. The number of amides is 2. The summed E-state index contributed by atoms with van der Waals surface area (Å²) >= 11 is 0. The number of rotatable bonds is 3. The first-order valence-corrected chi connectivity index (χ1v) is 8.37. The van der Waals surface area contributed by atoms with Crippen molar-refractivity contribution in [2.45, 2.75) is 26.0 Å². The summed E-state index contributed by atoms with van der Waals surface area (Å²) < 4.78 is 21.4. The highest BCUT2D eigenvalue weighted by Gasteiger charge is 2.28. The molecule has 0 aliphatic carbocycles. The number of hydrogen-bond acceptors (Lipinski definition) is 3. The molecule has 0 bridgehead atoms. The number of aromatic nitrogens is 2. The minimum Gasteiger partial charge on any atom is -0.370 e. The van der Waals surface area contributed by atoms with Crippen LogP contribution in [0.5, 0.6) is 0 Å². The van der Waals surface area contributed by atoms with E-state index in [1.807, 2.05) is 27.1 Å². The second kappa shape index (κ2) is 7.23. The van der Waals surface area contributed by atoms with Crippen LogP contribution < -0.4 is 5.32 Å². The van der Waals surface area contributed by atoms with Crippen molar-refractivity contribution >= 4 is 6.03 Å². The molecule has 2 amide bonds. The molecule has 7 heteroatoms. The first-order chi connectivity index (χ1) is 12.0. The molecule has 1 saturated heterocycles. The third-order valence-electron chi connectivity index (χ3n) is 4.46. The summed E-state index contributed by atoms with van der Waals surface area (Å²) in [5.41, 5.74) is 2.35. The largest absolute Gasteiger partial charge is 0.370 e. The summed E-state index contributed by atoms with van der Waals surface area (Å²) in [5, 5.41) is 7.29. The maximum absolute atomic E-state index is 14.0. The van der Waals surface area contributed by atoms with Gasteiger partial charge in [-0.1, -0.05) is 18.2 Å². The Bertz CT molecular complexity index is 761. The van der Waals surface area contributed by atoms with Gasteiger partial charge in [-0.05, 0) is 19.9 Å². The Balaban J connectivity index is 1.66. The smallest absolute Gasteiger partial charge is 0.318 e. The van der Waals surface area contributed by atoms with Gasteiger partial charge in [0.25, 0.3) is 0 Å². The average Bonchev–Trinajstić information content (AvgIpc) is 2.94. The lowest BCUT2D eigenvalue weighted by Crippen LogP contribution is -2.47. The molecule has 2 unspecified atom stereocenters. The van der Waals surface area contributed by atoms with Crippen molar-refractivity contribution in [3.05, 3.63) is 53.1 Å². The highest BCUT2D eigenvalue weighted by atomic mass is 19.1. The van der Waals surface area contributed by atoms with Crippen molar-refractivity contribution < 1.29 is 13.9 Å². The fraction of sp³-hybridized carbons (Fsp3) is 0.444. The summed E-state index contributed by atoms with van der Waals surface area (Å²) in [5.74, 6) is -0.311. The Morgan fingerprint density at radius 1 is 1.44 bits per heavy atom. The SMILES string of the molecule is Cc1nn(C)cc1C(C)NC(=O)N1CCOC(c2ccccc2F)C1. The van der Waals surface area contributed by atoms with Gasteiger partial charge in [-0.3, -0.25) is 4.68 Å². The highest BCUT2D eigenvalue weighted by molar-refractivity contribution is 5.75. The predicted octanol–water partition coefficient (Wildman–Crippen LogP) is 2.71. The van der Waals surface area contributed by atoms with Crippen molar-refractivity contribution in [2.24, 2.45) is 7.05 Å². The van der Waals surface area contributed by atoms with Gasteiger partial charge >= 0.3 is 6.03 Å². The molecule has 2 heterocycles. The molecule has 2 atom stereocenters. The Kier molecular flexibility index (Phi) is 5.03. The van der Waals surface area contributed by atoms with Crippen LogP contribution in [0.2, 0.25) is 0 Å². The Labute approximate surface area is 146 Å². The zero-order valence-electron chi connectivity index (χ0n) is 14.7. The number of benzene rings is 1. The molecule has 134 valence electrons. The molecular weight excluding hydrogens is 323 g/mol. The van der Waals surface area contributed by atoms with Crippen LogP contribution >= 0.6 is 0 Å². The summed E-state index contributed by atoms with van der Waals surface area (Å²) in [6, 6.07) is 6.18. The first-order valence-electron chi connectivity index (χ1n) is 8.37. The molecule has 1 aromatic heterocycles. The van der Waals surface area contributed by atoms with E-state index in [0.29, 0.717) is 25.3 Å². The van der Waals surface area contributed by atoms with Crippen LogP contribution in [0.4, 0.5) is 9.18 Å². The quantitative estimate of drug-likeness (QED) is 0.930. The van der Waals surface area contributed by atoms with Crippen molar-refractivity contribution in [2.75, 3.05) is 19.7 Å². The second-order valence-corrected chi connectivity index (χ2v) is 6.34. The van der Waals surface area contributed by atoms with E-state index in [9.17, 15) is 9.18 Å². The number of morpholine rings is 1. The van der Waals surface area contributed by atoms with Gasteiger partial charge in [0, 0.05) is 30.9 Å². The van der Waals surface area contributed by atoms with Crippen molar-refractivity contribution in [1.82, 2.24) is 20.0 Å². The maximum atomic E-state index is 14.0. The molecule has 0 spiro atoms. The van der Waals surface area contributed by atoms with Crippen LogP contribution in [-0.2, 0) is 11.8 Å². The molecule has 3 rings (SSSR count). The van der Waals surface area contributed by atoms with Gasteiger partial charge in [0.1, 0.15) is 11.9 Å². The zero-order chi connectivity index (χ0) is 18.0. The fourth-order valence-electron chi connectivity index (χ4n) is 3.16. The number of nitrogens with zero attached hydrogens (tertiary/aromatic N) is 3. The van der Waals surface area contributed by atoms with E-state index in [4.69, 9.17) is 4.74 Å². The van der Waals surface area contributed by atoms with Crippen LogP contribution in [-0.4, -0.2) is 40.4 Å². The van der Waals surface area contributed by atoms with Crippen molar-refractivity contribution in [3.63, 3.8) is 0 Å². The summed E-state index contributed by atoms with van der Waals surface area (Å²) in [6.07, 6.45) is 1.46. The minimum atomic E-state index is -0.448. The topological polar surface area (TPSA) is 59.4 Å². The third-order valence-corrected chi connectivity index (χ3v) is 4.46. The second-order valence-electron chi connectivity index (χ2n) is 6.34. The number of nitrogens with one attached hydrogen (secondary N) is 1. The normalized spacial score (nSPS) is 18.9. The van der Waals surface area contributed by atoms with Gasteiger partial charge < -0.3 is 15.0 Å². The van der Waals surface area contributed by atoms with Crippen LogP contribution in [0.15, 0.2) is 30.5 Å². The standard InChI is InChI=1S/C18H23FN4O2/c1-12(15-10-22(3)21-13(15)2)20-18(24)23-8-9-25-17(11-23)14-6-4-5-7-16(14)19/h4-7,10,12,17H,8-9,11H2,1-3H3,(H,20,24). The summed E-state index contributed by atoms with van der Waals surface area (Å²) in [6.45, 7) is 5.03. The van der Waals surface area contributed by atoms with Gasteiger partial charge in [-0.25, -0.2) is 9.18 Å². The Hall–Kier alpha value is -2.41. The van der Waals surface area contributed by atoms with Gasteiger partial charge in [-0.15, -0.1) is 0 Å². The van der Waals surface area contributed by atoms with Crippen LogP contribution in [0.3, 0.4) is 0 Å². The van der Waals surface area contributed by atoms with E-state index < -0.39 is 6.10 Å². The maximum Gasteiger partial charge on any atom is 0.318 e. The van der Waals surface area contributed by atoms with E-state index >= 15 is 0 Å². The number of urea groups is 1. The van der Waals surface area contributed by atoms with Crippen LogP contribution in [0, 0.1) is 12.7 Å². The van der Waals surface area contributed by atoms with Gasteiger partial charge in [0.15, 0.2) is 0 Å². The number of carbonyl (C=O) groups is 1. The van der Waals surface area contributed by atoms with Crippen LogP contribution in [0.25, 0.3) is 0 Å². The number of halogens is 1. The van der Waals surface area contributed by atoms with E-state index in [2.05, 4.69) is 10.4 Å². The number of aryl methyl sites for hydroxylation is 2. The van der Waals surface area contributed by atoms with E-state index in [1.54, 1.807) is 27.8 Å². The molecule has 1 aromatic carbocycles. The first kappa shape index (κ1) is 17.4. The average molecular weight is 346 g/mol. The fourth-order valence-corrected chi connectivity index (χ4v) is 3.16. The Morgan fingerprint density at radius 2 is 2.20 bits per heavy atom. The lowest BCUT2D eigenvalue weighted by Gasteiger charge is -2.34. The van der Waals surface area contributed by atoms with E-state index in [1.165, 1.54) is 6.07 Å². The molecule has 6 nitrogen and oxygen atoms in total. The molecule has 1 fully saturated rings. The van der Waals surface area contributed by atoms with E-state index in [0.717, 1.165) is 11.3 Å². The molecule has 2 aromatic rings. The highest BCUT2D eigenvalue weighted by Crippen LogP contribution is 2.25. The zero-order valence-corrected chi connectivity index (χ0v) is 14.7.